The minimum Gasteiger partial charge on any atom is -0.479 e. The topological polar surface area (TPSA) is 32.8 Å². The number of amides is 1. The van der Waals surface area contributed by atoms with E-state index in [2.05, 4.69) is 11.8 Å². The Kier molecular flexibility index (Phi) is 3.80. The fourth-order valence-electron chi connectivity index (χ4n) is 2.13. The molecule has 1 aromatic rings. The summed E-state index contributed by atoms with van der Waals surface area (Å²) in [4.78, 5) is 16.3. The van der Waals surface area contributed by atoms with Crippen LogP contribution in [0.2, 0.25) is 0 Å². The van der Waals surface area contributed by atoms with Gasteiger partial charge in [-0.1, -0.05) is 6.07 Å². The van der Waals surface area contributed by atoms with Crippen molar-refractivity contribution in [3.05, 3.63) is 23.8 Å². The average Bonchev–Trinajstić information content (AvgIpc) is 2.35. The predicted molar refractivity (Wildman–Crippen MR) is 76.8 cm³/mol. The minimum absolute atomic E-state index is 0.0341. The van der Waals surface area contributed by atoms with Gasteiger partial charge in [-0.3, -0.25) is 4.79 Å². The van der Waals surface area contributed by atoms with E-state index in [1.54, 1.807) is 6.92 Å². The van der Waals surface area contributed by atoms with Crippen molar-refractivity contribution in [2.75, 3.05) is 25.5 Å². The third kappa shape index (κ3) is 2.73. The van der Waals surface area contributed by atoms with Gasteiger partial charge >= 0.3 is 0 Å². The van der Waals surface area contributed by atoms with Crippen LogP contribution in [0.1, 0.15) is 19.4 Å². The summed E-state index contributed by atoms with van der Waals surface area (Å²) in [7, 11) is 4.05. The number of aryl methyl sites for hydroxylation is 1. The maximum atomic E-state index is 12.3. The van der Waals surface area contributed by atoms with E-state index in [1.807, 2.05) is 44.1 Å². The standard InChI is InChI=1S/C15H22N2O2/c1-10-6-7-14-13(8-10)17(9-11(2)16(4)5)15(18)12(3)19-14/h6-8,11-12H,9H2,1-5H3. The number of ether oxygens (including phenoxy) is 1. The number of nitrogens with zero attached hydrogens (tertiary/aromatic N) is 2. The Labute approximate surface area is 115 Å². The highest BCUT2D eigenvalue weighted by molar-refractivity contribution is 5.99. The van der Waals surface area contributed by atoms with Gasteiger partial charge in [-0.05, 0) is 52.6 Å². The number of hydrogen-bond acceptors (Lipinski definition) is 3. The largest absolute Gasteiger partial charge is 0.479 e. The van der Waals surface area contributed by atoms with Crippen LogP contribution in [0.15, 0.2) is 18.2 Å². The summed E-state index contributed by atoms with van der Waals surface area (Å²) in [5.74, 6) is 0.829. The molecule has 2 atom stereocenters. The molecule has 0 radical (unpaired) electrons. The molecule has 2 rings (SSSR count). The lowest BCUT2D eigenvalue weighted by Crippen LogP contribution is -2.49. The van der Waals surface area contributed by atoms with Crippen LogP contribution in [-0.2, 0) is 4.79 Å². The average molecular weight is 262 g/mol. The van der Waals surface area contributed by atoms with Crippen LogP contribution < -0.4 is 9.64 Å². The molecule has 0 bridgehead atoms. The second-order valence-corrected chi connectivity index (χ2v) is 5.49. The molecule has 0 N–H and O–H groups in total. The fourth-order valence-corrected chi connectivity index (χ4v) is 2.13. The van der Waals surface area contributed by atoms with Crippen molar-refractivity contribution in [1.82, 2.24) is 4.90 Å². The molecule has 4 heteroatoms. The van der Waals surface area contributed by atoms with Gasteiger partial charge in [-0.2, -0.15) is 0 Å². The van der Waals surface area contributed by atoms with Gasteiger partial charge in [0.25, 0.3) is 5.91 Å². The fraction of sp³-hybridized carbons (Fsp3) is 0.533. The summed E-state index contributed by atoms with van der Waals surface area (Å²) in [5, 5.41) is 0. The number of rotatable bonds is 3. The molecule has 4 nitrogen and oxygen atoms in total. The van der Waals surface area contributed by atoms with Crippen molar-refractivity contribution in [3.8, 4) is 5.75 Å². The number of carbonyl (C=O) groups is 1. The Morgan fingerprint density at radius 2 is 2.11 bits per heavy atom. The Bertz CT molecular complexity index is 485. The maximum Gasteiger partial charge on any atom is 0.267 e. The minimum atomic E-state index is -0.412. The molecule has 1 aromatic carbocycles. The van der Waals surface area contributed by atoms with E-state index >= 15 is 0 Å². The lowest BCUT2D eigenvalue weighted by Gasteiger charge is -2.36. The molecule has 0 aromatic heterocycles. The summed E-state index contributed by atoms with van der Waals surface area (Å²) in [5.41, 5.74) is 2.02. The second-order valence-electron chi connectivity index (χ2n) is 5.49. The van der Waals surface area contributed by atoms with E-state index in [-0.39, 0.29) is 5.91 Å². The number of fused-ring (bicyclic) bond motifs is 1. The van der Waals surface area contributed by atoms with Gasteiger partial charge < -0.3 is 14.5 Å². The molecule has 1 aliphatic heterocycles. The van der Waals surface area contributed by atoms with Crippen molar-refractivity contribution in [2.45, 2.75) is 32.9 Å². The molecular weight excluding hydrogens is 240 g/mol. The third-order valence-electron chi connectivity index (χ3n) is 3.65. The van der Waals surface area contributed by atoms with Crippen molar-refractivity contribution in [1.29, 1.82) is 0 Å². The molecule has 0 aliphatic carbocycles. The van der Waals surface area contributed by atoms with E-state index in [1.165, 1.54) is 0 Å². The van der Waals surface area contributed by atoms with Crippen LogP contribution in [-0.4, -0.2) is 43.6 Å². The van der Waals surface area contributed by atoms with Crippen LogP contribution >= 0.6 is 0 Å². The van der Waals surface area contributed by atoms with E-state index in [9.17, 15) is 4.79 Å². The van der Waals surface area contributed by atoms with E-state index in [4.69, 9.17) is 4.74 Å². The van der Waals surface area contributed by atoms with Crippen molar-refractivity contribution in [3.63, 3.8) is 0 Å². The maximum absolute atomic E-state index is 12.3. The molecule has 2 unspecified atom stereocenters. The first-order valence-electron chi connectivity index (χ1n) is 6.65. The van der Waals surface area contributed by atoms with Crippen molar-refractivity contribution < 1.29 is 9.53 Å². The van der Waals surface area contributed by atoms with E-state index < -0.39 is 6.10 Å². The zero-order valence-electron chi connectivity index (χ0n) is 12.3. The normalized spacial score (nSPS) is 20.2. The van der Waals surface area contributed by atoms with Gasteiger partial charge in [-0.15, -0.1) is 0 Å². The summed E-state index contributed by atoms with van der Waals surface area (Å²) in [6, 6.07) is 6.26. The van der Waals surface area contributed by atoms with Crippen molar-refractivity contribution in [2.24, 2.45) is 0 Å². The Hall–Kier alpha value is -1.55. The lowest BCUT2D eigenvalue weighted by atomic mass is 10.1. The quantitative estimate of drug-likeness (QED) is 0.836. The summed E-state index contributed by atoms with van der Waals surface area (Å²) in [6.45, 7) is 6.62. The van der Waals surface area contributed by atoms with Gasteiger partial charge in [-0.25, -0.2) is 0 Å². The zero-order chi connectivity index (χ0) is 14.2. The van der Waals surface area contributed by atoms with E-state index in [0.717, 1.165) is 17.0 Å². The second kappa shape index (κ2) is 5.21. The molecule has 0 saturated carbocycles. The molecule has 19 heavy (non-hydrogen) atoms. The van der Waals surface area contributed by atoms with Crippen LogP contribution in [0.25, 0.3) is 0 Å². The molecule has 1 heterocycles. The highest BCUT2D eigenvalue weighted by Crippen LogP contribution is 2.34. The summed E-state index contributed by atoms with van der Waals surface area (Å²) in [6.07, 6.45) is -0.412. The van der Waals surface area contributed by atoms with Gasteiger partial charge in [0.2, 0.25) is 0 Å². The number of likely N-dealkylation sites (N-methyl/N-ethyl adjacent to an activating group) is 1. The van der Waals surface area contributed by atoms with Gasteiger partial charge in [0, 0.05) is 12.6 Å². The number of hydrogen-bond donors (Lipinski definition) is 0. The van der Waals surface area contributed by atoms with Crippen molar-refractivity contribution >= 4 is 11.6 Å². The highest BCUT2D eigenvalue weighted by atomic mass is 16.5. The Morgan fingerprint density at radius 3 is 2.74 bits per heavy atom. The first kappa shape index (κ1) is 13.9. The summed E-state index contributed by atoms with van der Waals surface area (Å²) >= 11 is 0. The molecule has 0 saturated heterocycles. The summed E-state index contributed by atoms with van der Waals surface area (Å²) < 4.78 is 5.67. The van der Waals surface area contributed by atoms with Crippen LogP contribution in [0.4, 0.5) is 5.69 Å². The lowest BCUT2D eigenvalue weighted by molar-refractivity contribution is -0.125. The molecule has 0 fully saturated rings. The number of carbonyl (C=O) groups excluding carboxylic acids is 1. The van der Waals surface area contributed by atoms with Gasteiger partial charge in [0.1, 0.15) is 5.75 Å². The van der Waals surface area contributed by atoms with Crippen LogP contribution in [0.3, 0.4) is 0 Å². The van der Waals surface area contributed by atoms with Gasteiger partial charge in [0.15, 0.2) is 6.10 Å². The molecule has 104 valence electrons. The SMILES string of the molecule is Cc1ccc2c(c1)N(CC(C)N(C)C)C(=O)C(C)O2. The smallest absolute Gasteiger partial charge is 0.267 e. The van der Waals surface area contributed by atoms with Crippen LogP contribution in [0.5, 0.6) is 5.75 Å². The number of anilines is 1. The first-order chi connectivity index (χ1) is 8.90. The Morgan fingerprint density at radius 1 is 1.42 bits per heavy atom. The monoisotopic (exact) mass is 262 g/mol. The van der Waals surface area contributed by atoms with Crippen LogP contribution in [0, 0.1) is 6.92 Å². The molecule has 0 spiro atoms. The third-order valence-corrected chi connectivity index (χ3v) is 3.65. The molecular formula is C15H22N2O2. The first-order valence-corrected chi connectivity index (χ1v) is 6.65. The predicted octanol–water partition coefficient (Wildman–Crippen LogP) is 2.06. The molecule has 1 amide bonds. The number of benzene rings is 1. The highest BCUT2D eigenvalue weighted by Gasteiger charge is 2.32. The zero-order valence-corrected chi connectivity index (χ0v) is 12.3. The van der Waals surface area contributed by atoms with Gasteiger partial charge in [0.05, 0.1) is 5.69 Å². The Balaban J connectivity index is 2.35. The van der Waals surface area contributed by atoms with E-state index in [0.29, 0.717) is 12.6 Å². The molecule has 1 aliphatic rings.